The van der Waals surface area contributed by atoms with Crippen LogP contribution in [-0.4, -0.2) is 48.6 Å². The summed E-state index contributed by atoms with van der Waals surface area (Å²) in [6.45, 7) is 8.31. The number of anilines is 1. The summed E-state index contributed by atoms with van der Waals surface area (Å²) in [7, 11) is 0. The molecule has 1 aromatic heterocycles. The molecule has 1 amide bonds. The van der Waals surface area contributed by atoms with Gasteiger partial charge in [0, 0.05) is 23.5 Å². The van der Waals surface area contributed by atoms with Crippen molar-refractivity contribution >= 4 is 22.5 Å². The van der Waals surface area contributed by atoms with E-state index < -0.39 is 0 Å². The van der Waals surface area contributed by atoms with Crippen molar-refractivity contribution in [3.05, 3.63) is 59.3 Å². The van der Waals surface area contributed by atoms with E-state index in [9.17, 15) is 4.79 Å². The first-order chi connectivity index (χ1) is 17.1. The Hall–Kier alpha value is -3.12. The zero-order chi connectivity index (χ0) is 24.2. The highest BCUT2D eigenvalue weighted by atomic mass is 16.6. The van der Waals surface area contributed by atoms with Crippen molar-refractivity contribution in [3.8, 4) is 11.5 Å². The Morgan fingerprint density at radius 1 is 1.06 bits per heavy atom. The molecule has 0 unspecified atom stereocenters. The fraction of sp³-hybridized carbons (Fsp3) is 0.448. The van der Waals surface area contributed by atoms with Crippen molar-refractivity contribution in [2.45, 2.75) is 46.0 Å². The van der Waals surface area contributed by atoms with Crippen LogP contribution in [0.15, 0.2) is 42.5 Å². The van der Waals surface area contributed by atoms with Crippen molar-refractivity contribution in [1.29, 1.82) is 0 Å². The quantitative estimate of drug-likeness (QED) is 0.514. The summed E-state index contributed by atoms with van der Waals surface area (Å²) in [5.41, 5.74) is 5.29. The Kier molecular flexibility index (Phi) is 7.19. The first kappa shape index (κ1) is 23.6. The number of hydrogen-bond acceptors (Lipinski definition) is 5. The summed E-state index contributed by atoms with van der Waals surface area (Å²) in [5, 5.41) is 4.35. The van der Waals surface area contributed by atoms with Crippen LogP contribution in [0, 0.1) is 12.8 Å². The van der Waals surface area contributed by atoms with Gasteiger partial charge in [0.05, 0.1) is 11.2 Å². The van der Waals surface area contributed by atoms with Gasteiger partial charge in [0.1, 0.15) is 13.2 Å². The van der Waals surface area contributed by atoms with Gasteiger partial charge >= 0.3 is 0 Å². The molecule has 0 bridgehead atoms. The average Bonchev–Trinajstić information content (AvgIpc) is 2.88. The van der Waals surface area contributed by atoms with Gasteiger partial charge in [-0.25, -0.2) is 0 Å². The van der Waals surface area contributed by atoms with Gasteiger partial charge in [0.25, 0.3) is 0 Å². The topological polar surface area (TPSA) is 63.7 Å². The number of aryl methyl sites for hydroxylation is 2. The van der Waals surface area contributed by atoms with Gasteiger partial charge in [-0.2, -0.15) is 0 Å². The van der Waals surface area contributed by atoms with Crippen molar-refractivity contribution < 1.29 is 14.3 Å². The maximum atomic E-state index is 13.1. The molecule has 2 aliphatic heterocycles. The van der Waals surface area contributed by atoms with Crippen LogP contribution in [0.3, 0.4) is 0 Å². The molecule has 6 heteroatoms. The van der Waals surface area contributed by atoms with E-state index >= 15 is 0 Å². The second-order valence-corrected chi connectivity index (χ2v) is 9.71. The highest BCUT2D eigenvalue weighted by Crippen LogP contribution is 2.31. The van der Waals surface area contributed by atoms with E-state index in [1.54, 1.807) is 0 Å². The number of carbonyl (C=O) groups excluding carboxylic acids is 1. The molecule has 1 N–H and O–H groups in total. The number of pyridine rings is 1. The summed E-state index contributed by atoms with van der Waals surface area (Å²) in [6, 6.07) is 14.5. The number of aromatic nitrogens is 1. The highest BCUT2D eigenvalue weighted by Gasteiger charge is 2.25. The van der Waals surface area contributed by atoms with Crippen LogP contribution < -0.4 is 14.8 Å². The predicted octanol–water partition coefficient (Wildman–Crippen LogP) is 5.16. The number of piperidine rings is 1. The third kappa shape index (κ3) is 5.43. The Bertz CT molecular complexity index is 1200. The van der Waals surface area contributed by atoms with Crippen LogP contribution in [0.1, 0.15) is 43.0 Å². The zero-order valence-corrected chi connectivity index (χ0v) is 20.8. The summed E-state index contributed by atoms with van der Waals surface area (Å²) >= 11 is 0. The predicted molar refractivity (Wildman–Crippen MR) is 139 cm³/mol. The maximum absolute atomic E-state index is 13.1. The van der Waals surface area contributed by atoms with Crippen molar-refractivity contribution in [1.82, 2.24) is 9.88 Å². The van der Waals surface area contributed by atoms with E-state index in [1.807, 2.05) is 25.1 Å². The SMILES string of the molecule is CCCc1cc(C)nc2c(NC(=O)C3CCN(CCc4ccc5c(c4)OCCO5)CC3)cccc12. The summed E-state index contributed by atoms with van der Waals surface area (Å²) in [4.78, 5) is 20.4. The average molecular weight is 474 g/mol. The first-order valence-corrected chi connectivity index (χ1v) is 12.9. The number of rotatable bonds is 7. The molecular formula is C29H35N3O3. The molecule has 0 spiro atoms. The Labute approximate surface area is 207 Å². The molecule has 184 valence electrons. The fourth-order valence-electron chi connectivity index (χ4n) is 5.22. The Balaban J connectivity index is 1.17. The zero-order valence-electron chi connectivity index (χ0n) is 20.8. The van der Waals surface area contributed by atoms with Gasteiger partial charge in [-0.05, 0) is 81.1 Å². The third-order valence-corrected chi connectivity index (χ3v) is 7.11. The van der Waals surface area contributed by atoms with Crippen LogP contribution >= 0.6 is 0 Å². The summed E-state index contributed by atoms with van der Waals surface area (Å²) in [5.74, 6) is 1.84. The van der Waals surface area contributed by atoms with Crippen LogP contribution in [0.2, 0.25) is 0 Å². The van der Waals surface area contributed by atoms with E-state index in [0.29, 0.717) is 13.2 Å². The summed E-state index contributed by atoms with van der Waals surface area (Å²) in [6.07, 6.45) is 4.83. The molecular weight excluding hydrogens is 438 g/mol. The van der Waals surface area contributed by atoms with Crippen LogP contribution in [0.5, 0.6) is 11.5 Å². The lowest BCUT2D eigenvalue weighted by atomic mass is 9.95. The van der Waals surface area contributed by atoms with Gasteiger partial charge in [0.2, 0.25) is 5.91 Å². The second-order valence-electron chi connectivity index (χ2n) is 9.71. The number of nitrogens with one attached hydrogen (secondary N) is 1. The lowest BCUT2D eigenvalue weighted by molar-refractivity contribution is -0.121. The van der Waals surface area contributed by atoms with E-state index in [2.05, 4.69) is 41.4 Å². The van der Waals surface area contributed by atoms with Gasteiger partial charge in [-0.1, -0.05) is 31.5 Å². The number of benzene rings is 2. The van der Waals surface area contributed by atoms with Gasteiger partial charge < -0.3 is 19.7 Å². The normalized spacial score (nSPS) is 16.4. The van der Waals surface area contributed by atoms with Gasteiger partial charge in [0.15, 0.2) is 11.5 Å². The number of fused-ring (bicyclic) bond motifs is 2. The number of likely N-dealkylation sites (tertiary alicyclic amines) is 1. The molecule has 1 saturated heterocycles. The third-order valence-electron chi connectivity index (χ3n) is 7.11. The Morgan fingerprint density at radius 3 is 2.66 bits per heavy atom. The van der Waals surface area contributed by atoms with E-state index in [-0.39, 0.29) is 11.8 Å². The highest BCUT2D eigenvalue weighted by molar-refractivity contribution is 6.02. The molecule has 0 radical (unpaired) electrons. The number of ether oxygens (including phenoxy) is 2. The molecule has 2 aliphatic rings. The lowest BCUT2D eigenvalue weighted by Crippen LogP contribution is -2.39. The molecule has 0 saturated carbocycles. The van der Waals surface area contributed by atoms with Crippen molar-refractivity contribution in [2.24, 2.45) is 5.92 Å². The molecule has 5 rings (SSSR count). The van der Waals surface area contributed by atoms with Crippen molar-refractivity contribution in [3.63, 3.8) is 0 Å². The smallest absolute Gasteiger partial charge is 0.227 e. The maximum Gasteiger partial charge on any atom is 0.227 e. The van der Waals surface area contributed by atoms with E-state index in [1.165, 1.54) is 11.1 Å². The molecule has 3 heterocycles. The molecule has 35 heavy (non-hydrogen) atoms. The first-order valence-electron chi connectivity index (χ1n) is 12.9. The Morgan fingerprint density at radius 2 is 1.86 bits per heavy atom. The number of para-hydroxylation sites is 1. The number of amides is 1. The largest absolute Gasteiger partial charge is 0.486 e. The van der Waals surface area contributed by atoms with Crippen molar-refractivity contribution in [2.75, 3.05) is 38.2 Å². The minimum absolute atomic E-state index is 0.0377. The summed E-state index contributed by atoms with van der Waals surface area (Å²) < 4.78 is 11.3. The fourth-order valence-corrected chi connectivity index (χ4v) is 5.22. The standard InChI is InChI=1S/C29H35N3O3/c1-3-5-23-18-20(2)30-28-24(23)6-4-7-25(28)31-29(33)22-11-14-32(15-12-22)13-10-21-8-9-26-27(19-21)35-17-16-34-26/h4,6-9,18-19,22H,3,5,10-17H2,1-2H3,(H,31,33). The molecule has 0 aliphatic carbocycles. The molecule has 1 fully saturated rings. The second kappa shape index (κ2) is 10.6. The van der Waals surface area contributed by atoms with E-state index in [0.717, 1.165) is 85.5 Å². The van der Waals surface area contributed by atoms with Crippen LogP contribution in [0.4, 0.5) is 5.69 Å². The molecule has 2 aromatic carbocycles. The lowest BCUT2D eigenvalue weighted by Gasteiger charge is -2.31. The molecule has 6 nitrogen and oxygen atoms in total. The number of carbonyl (C=O) groups is 1. The molecule has 3 aromatic rings. The van der Waals surface area contributed by atoms with Crippen LogP contribution in [0.25, 0.3) is 10.9 Å². The minimum atomic E-state index is 0.0377. The number of nitrogens with zero attached hydrogens (tertiary/aromatic N) is 2. The van der Waals surface area contributed by atoms with Gasteiger partial charge in [-0.15, -0.1) is 0 Å². The molecule has 0 atom stereocenters. The van der Waals surface area contributed by atoms with E-state index in [4.69, 9.17) is 14.5 Å². The van der Waals surface area contributed by atoms with Crippen LogP contribution in [-0.2, 0) is 17.6 Å². The minimum Gasteiger partial charge on any atom is -0.486 e. The number of hydrogen-bond donors (Lipinski definition) is 1. The van der Waals surface area contributed by atoms with Gasteiger partial charge in [-0.3, -0.25) is 9.78 Å². The monoisotopic (exact) mass is 473 g/mol.